The third-order valence-electron chi connectivity index (χ3n) is 2.44. The van der Waals surface area contributed by atoms with Gasteiger partial charge in [0, 0.05) is 17.1 Å². The molecule has 0 saturated heterocycles. The molecule has 0 N–H and O–H groups in total. The predicted octanol–water partition coefficient (Wildman–Crippen LogP) is 3.50. The van der Waals surface area contributed by atoms with Gasteiger partial charge in [0.05, 0.1) is 6.61 Å². The van der Waals surface area contributed by atoms with Crippen molar-refractivity contribution in [2.45, 2.75) is 27.7 Å². The van der Waals surface area contributed by atoms with E-state index in [1.807, 2.05) is 20.8 Å². The van der Waals surface area contributed by atoms with Crippen LogP contribution >= 0.6 is 0 Å². The quantitative estimate of drug-likeness (QED) is 0.279. The molecular formula is C18H20O3. The van der Waals surface area contributed by atoms with E-state index in [2.05, 4.69) is 11.8 Å². The smallest absolute Gasteiger partial charge is 0.330 e. The van der Waals surface area contributed by atoms with Crippen LogP contribution < -0.4 is 0 Å². The summed E-state index contributed by atoms with van der Waals surface area (Å²) in [6, 6.07) is 7.04. The van der Waals surface area contributed by atoms with Gasteiger partial charge < -0.3 is 4.74 Å². The summed E-state index contributed by atoms with van der Waals surface area (Å²) in [6.45, 7) is 7.89. The van der Waals surface area contributed by atoms with E-state index in [1.54, 1.807) is 37.3 Å². The Morgan fingerprint density at radius 3 is 2.52 bits per heavy atom. The van der Waals surface area contributed by atoms with Gasteiger partial charge in [-0.15, -0.1) is 0 Å². The fourth-order valence-electron chi connectivity index (χ4n) is 1.51. The number of ketones is 1. The van der Waals surface area contributed by atoms with Crippen molar-refractivity contribution >= 4 is 17.8 Å². The number of Topliss-reactive ketones (excluding diaryl/α,β-unsaturated/α-hetero) is 1. The molecule has 0 aliphatic carbocycles. The molecule has 0 atom stereocenters. The topological polar surface area (TPSA) is 43.4 Å². The van der Waals surface area contributed by atoms with Gasteiger partial charge in [0.15, 0.2) is 0 Å². The Kier molecular flexibility index (Phi) is 5.92. The zero-order chi connectivity index (χ0) is 15.9. The molecule has 1 aromatic rings. The van der Waals surface area contributed by atoms with Crippen molar-refractivity contribution in [3.63, 3.8) is 0 Å². The van der Waals surface area contributed by atoms with Crippen LogP contribution in [0.1, 0.15) is 43.6 Å². The highest BCUT2D eigenvalue weighted by molar-refractivity contribution is 6.11. The number of esters is 1. The molecule has 0 heterocycles. The highest BCUT2D eigenvalue weighted by Gasteiger charge is 2.09. The van der Waals surface area contributed by atoms with Gasteiger partial charge in [0.1, 0.15) is 0 Å². The van der Waals surface area contributed by atoms with E-state index < -0.39 is 5.97 Å². The second-order valence-electron chi connectivity index (χ2n) is 5.50. The summed E-state index contributed by atoms with van der Waals surface area (Å²) in [6.07, 6.45) is 2.89. The molecule has 110 valence electrons. The summed E-state index contributed by atoms with van der Waals surface area (Å²) < 4.78 is 4.82. The number of hydrogen-bond acceptors (Lipinski definition) is 3. The maximum absolute atomic E-state index is 12.2. The number of hydrogen-bond donors (Lipinski definition) is 0. The van der Waals surface area contributed by atoms with Gasteiger partial charge in [-0.25, -0.2) is 4.79 Å². The summed E-state index contributed by atoms with van der Waals surface area (Å²) >= 11 is 0. The van der Waals surface area contributed by atoms with E-state index in [1.165, 1.54) is 6.08 Å². The fourth-order valence-corrected chi connectivity index (χ4v) is 1.51. The normalized spacial score (nSPS) is 10.9. The van der Waals surface area contributed by atoms with Crippen molar-refractivity contribution < 1.29 is 14.3 Å². The molecule has 3 heteroatoms. The van der Waals surface area contributed by atoms with Crippen LogP contribution in [-0.4, -0.2) is 18.4 Å². The Balaban J connectivity index is 3.01. The largest absolute Gasteiger partial charge is 0.463 e. The van der Waals surface area contributed by atoms with Crippen molar-refractivity contribution in [2.24, 2.45) is 5.41 Å². The van der Waals surface area contributed by atoms with E-state index in [-0.39, 0.29) is 11.2 Å². The number of carbonyl (C=O) groups is 2. The number of benzene rings is 1. The molecule has 21 heavy (non-hydrogen) atoms. The van der Waals surface area contributed by atoms with E-state index in [0.29, 0.717) is 17.7 Å². The first kappa shape index (κ1) is 16.7. The molecule has 1 rings (SSSR count). The molecule has 0 fully saturated rings. The second-order valence-corrected chi connectivity index (χ2v) is 5.50. The Bertz CT molecular complexity index is 607. The number of carbonyl (C=O) groups excluding carboxylic acids is 2. The molecule has 0 aliphatic rings. The summed E-state index contributed by atoms with van der Waals surface area (Å²) in [7, 11) is 0. The molecule has 0 saturated carbocycles. The summed E-state index contributed by atoms with van der Waals surface area (Å²) in [4.78, 5) is 23.5. The van der Waals surface area contributed by atoms with E-state index in [4.69, 9.17) is 4.74 Å². The maximum atomic E-state index is 12.2. The molecule has 3 nitrogen and oxygen atoms in total. The average molecular weight is 284 g/mol. The third kappa shape index (κ3) is 6.09. The fraction of sp³-hybridized carbons (Fsp3) is 0.333. The number of ether oxygens (including phenoxy) is 1. The average Bonchev–Trinajstić information content (AvgIpc) is 2.42. The van der Waals surface area contributed by atoms with Crippen LogP contribution in [0.5, 0.6) is 0 Å². The molecule has 0 bridgehead atoms. The van der Waals surface area contributed by atoms with Crippen LogP contribution in [0.2, 0.25) is 0 Å². The van der Waals surface area contributed by atoms with Crippen LogP contribution in [0.15, 0.2) is 30.3 Å². The third-order valence-corrected chi connectivity index (χ3v) is 2.44. The van der Waals surface area contributed by atoms with Crippen molar-refractivity contribution in [1.82, 2.24) is 0 Å². The van der Waals surface area contributed by atoms with Crippen molar-refractivity contribution in [3.8, 4) is 11.8 Å². The minimum absolute atomic E-state index is 0.231. The first-order valence-electron chi connectivity index (χ1n) is 6.85. The molecule has 0 radical (unpaired) electrons. The number of rotatable bonds is 4. The molecule has 0 spiro atoms. The Hall–Kier alpha value is -2.34. The van der Waals surface area contributed by atoms with E-state index in [0.717, 1.165) is 0 Å². The van der Waals surface area contributed by atoms with Crippen molar-refractivity contribution in [3.05, 3.63) is 41.5 Å². The lowest BCUT2D eigenvalue weighted by atomic mass is 9.96. The first-order chi connectivity index (χ1) is 9.83. The maximum Gasteiger partial charge on any atom is 0.330 e. The van der Waals surface area contributed by atoms with Crippen molar-refractivity contribution in [2.75, 3.05) is 6.61 Å². The lowest BCUT2D eigenvalue weighted by molar-refractivity contribution is -0.137. The molecule has 0 amide bonds. The van der Waals surface area contributed by atoms with Gasteiger partial charge in [-0.05, 0) is 51.3 Å². The SMILES string of the molecule is CCOC(=O)/C=C/c1ccccc1C(=O)C#CC(C)(C)C. The highest BCUT2D eigenvalue weighted by atomic mass is 16.5. The molecular weight excluding hydrogens is 264 g/mol. The van der Waals surface area contributed by atoms with Gasteiger partial charge >= 0.3 is 5.97 Å². The molecule has 0 unspecified atom stereocenters. The van der Waals surface area contributed by atoms with Gasteiger partial charge in [0.25, 0.3) is 0 Å². The Labute approximate surface area is 126 Å². The standard InChI is InChI=1S/C18H20O3/c1-5-21-17(20)11-10-14-8-6-7-9-15(14)16(19)12-13-18(2,3)4/h6-11H,5H2,1-4H3/b11-10+. The van der Waals surface area contributed by atoms with Crippen LogP contribution in [0.4, 0.5) is 0 Å². The minimum atomic E-state index is -0.430. The summed E-state index contributed by atoms with van der Waals surface area (Å²) in [5.74, 6) is 4.88. The molecule has 0 aliphatic heterocycles. The van der Waals surface area contributed by atoms with Crippen LogP contribution in [0.25, 0.3) is 6.08 Å². The van der Waals surface area contributed by atoms with E-state index >= 15 is 0 Å². The molecule has 1 aromatic carbocycles. The van der Waals surface area contributed by atoms with Gasteiger partial charge in [0.2, 0.25) is 5.78 Å². The Morgan fingerprint density at radius 2 is 1.90 bits per heavy atom. The van der Waals surface area contributed by atoms with Crippen LogP contribution in [-0.2, 0) is 9.53 Å². The summed E-state index contributed by atoms with van der Waals surface area (Å²) in [5.41, 5.74) is 0.902. The highest BCUT2D eigenvalue weighted by Crippen LogP contribution is 2.13. The van der Waals surface area contributed by atoms with E-state index in [9.17, 15) is 9.59 Å². The first-order valence-corrected chi connectivity index (χ1v) is 6.85. The Morgan fingerprint density at radius 1 is 1.24 bits per heavy atom. The van der Waals surface area contributed by atoms with Gasteiger partial charge in [-0.1, -0.05) is 24.1 Å². The van der Waals surface area contributed by atoms with Crippen molar-refractivity contribution in [1.29, 1.82) is 0 Å². The van der Waals surface area contributed by atoms with Crippen LogP contribution in [0, 0.1) is 17.3 Å². The van der Waals surface area contributed by atoms with Crippen LogP contribution in [0.3, 0.4) is 0 Å². The van der Waals surface area contributed by atoms with Gasteiger partial charge in [-0.2, -0.15) is 0 Å². The monoisotopic (exact) mass is 284 g/mol. The second kappa shape index (κ2) is 7.44. The minimum Gasteiger partial charge on any atom is -0.463 e. The van der Waals surface area contributed by atoms with Gasteiger partial charge in [-0.3, -0.25) is 4.79 Å². The predicted molar refractivity (Wildman–Crippen MR) is 83.7 cm³/mol. The lowest BCUT2D eigenvalue weighted by Gasteiger charge is -2.07. The lowest BCUT2D eigenvalue weighted by Crippen LogP contribution is -2.04. The summed E-state index contributed by atoms with van der Waals surface area (Å²) in [5, 5.41) is 0. The molecule has 0 aromatic heterocycles. The zero-order valence-electron chi connectivity index (χ0n) is 12.9. The zero-order valence-corrected chi connectivity index (χ0v) is 12.9.